The first-order valence-corrected chi connectivity index (χ1v) is 6.73. The Labute approximate surface area is 132 Å². The second kappa shape index (κ2) is 7.80. The van der Waals surface area contributed by atoms with E-state index in [0.717, 1.165) is 0 Å². The van der Waals surface area contributed by atoms with E-state index >= 15 is 0 Å². The summed E-state index contributed by atoms with van der Waals surface area (Å²) >= 11 is 0. The van der Waals surface area contributed by atoms with Gasteiger partial charge >= 0.3 is 5.97 Å². The van der Waals surface area contributed by atoms with E-state index in [9.17, 15) is 9.18 Å². The van der Waals surface area contributed by atoms with Crippen LogP contribution in [-0.4, -0.2) is 19.7 Å². The van der Waals surface area contributed by atoms with Gasteiger partial charge in [-0.05, 0) is 42.0 Å². The Hall–Kier alpha value is -3.07. The first-order chi connectivity index (χ1) is 11.1. The molecule has 0 aromatic heterocycles. The van der Waals surface area contributed by atoms with Crippen molar-refractivity contribution in [3.63, 3.8) is 0 Å². The van der Waals surface area contributed by atoms with Crippen molar-refractivity contribution in [2.24, 2.45) is 0 Å². The molecule has 5 nitrogen and oxygen atoms in total. The van der Waals surface area contributed by atoms with Crippen LogP contribution in [0.2, 0.25) is 0 Å². The predicted molar refractivity (Wildman–Crippen MR) is 79.4 cm³/mol. The number of benzene rings is 2. The maximum absolute atomic E-state index is 13.5. The molecule has 0 saturated carbocycles. The Bertz CT molecular complexity index is 722. The lowest BCUT2D eigenvalue weighted by molar-refractivity contribution is -0.147. The van der Waals surface area contributed by atoms with Crippen molar-refractivity contribution in [3.05, 3.63) is 59.4 Å². The molecule has 0 atom stereocenters. The third-order valence-electron chi connectivity index (χ3n) is 2.96. The molecule has 0 aliphatic heterocycles. The molecule has 0 aliphatic carbocycles. The number of rotatable bonds is 6. The molecule has 2 aromatic carbocycles. The molecule has 6 heteroatoms. The number of carbonyl (C=O) groups is 1. The number of ether oxygens (including phenoxy) is 3. The number of carbonyl (C=O) groups excluding carboxylic acids is 1. The van der Waals surface area contributed by atoms with E-state index in [1.54, 1.807) is 30.3 Å². The number of methoxy groups -OCH3 is 1. The fourth-order valence-corrected chi connectivity index (χ4v) is 1.77. The van der Waals surface area contributed by atoms with E-state index in [4.69, 9.17) is 19.5 Å². The third kappa shape index (κ3) is 4.71. The molecule has 0 N–H and O–H groups in total. The van der Waals surface area contributed by atoms with Gasteiger partial charge in [0.2, 0.25) is 0 Å². The molecule has 0 aliphatic rings. The molecule has 118 valence electrons. The lowest BCUT2D eigenvalue weighted by Gasteiger charge is -2.08. The number of nitrogens with zero attached hydrogens (tertiary/aromatic N) is 1. The van der Waals surface area contributed by atoms with Crippen LogP contribution in [-0.2, 0) is 16.1 Å². The maximum atomic E-state index is 13.5. The number of hydrogen-bond acceptors (Lipinski definition) is 5. The molecule has 0 saturated heterocycles. The van der Waals surface area contributed by atoms with Gasteiger partial charge in [0, 0.05) is 0 Å². The Kier molecular flexibility index (Phi) is 5.53. The van der Waals surface area contributed by atoms with Crippen molar-refractivity contribution in [1.82, 2.24) is 0 Å². The SMILES string of the molecule is COc1ccc(COC(=O)COc2ccc(C#N)cc2)cc1F. The molecule has 0 bridgehead atoms. The van der Waals surface area contributed by atoms with E-state index in [2.05, 4.69) is 0 Å². The van der Waals surface area contributed by atoms with Crippen LogP contribution in [0.25, 0.3) is 0 Å². The van der Waals surface area contributed by atoms with Crippen molar-refractivity contribution in [1.29, 1.82) is 5.26 Å². The first kappa shape index (κ1) is 16.3. The summed E-state index contributed by atoms with van der Waals surface area (Å²) in [6.45, 7) is -0.332. The molecule has 0 unspecified atom stereocenters. The monoisotopic (exact) mass is 315 g/mol. The smallest absolute Gasteiger partial charge is 0.344 e. The molecule has 0 radical (unpaired) electrons. The normalized spacial score (nSPS) is 9.78. The summed E-state index contributed by atoms with van der Waals surface area (Å²) in [7, 11) is 1.37. The third-order valence-corrected chi connectivity index (χ3v) is 2.96. The molecular weight excluding hydrogens is 301 g/mol. The second-order valence-electron chi connectivity index (χ2n) is 4.55. The summed E-state index contributed by atoms with van der Waals surface area (Å²) < 4.78 is 28.5. The van der Waals surface area contributed by atoms with Crippen molar-refractivity contribution < 1.29 is 23.4 Å². The van der Waals surface area contributed by atoms with Gasteiger partial charge in [0.25, 0.3) is 0 Å². The minimum absolute atomic E-state index is 0.0590. The molecular formula is C17H14FNO4. The summed E-state index contributed by atoms with van der Waals surface area (Å²) in [5, 5.41) is 8.68. The van der Waals surface area contributed by atoms with Crippen LogP contribution in [0.3, 0.4) is 0 Å². The van der Waals surface area contributed by atoms with Gasteiger partial charge in [-0.15, -0.1) is 0 Å². The Morgan fingerprint density at radius 3 is 2.57 bits per heavy atom. The quantitative estimate of drug-likeness (QED) is 0.767. The van der Waals surface area contributed by atoms with Crippen LogP contribution in [0.1, 0.15) is 11.1 Å². The number of nitriles is 1. The van der Waals surface area contributed by atoms with Crippen LogP contribution in [0, 0.1) is 17.1 Å². The van der Waals surface area contributed by atoms with Crippen molar-refractivity contribution in [2.45, 2.75) is 6.61 Å². The highest BCUT2D eigenvalue weighted by Gasteiger charge is 2.08. The van der Waals surface area contributed by atoms with E-state index in [0.29, 0.717) is 16.9 Å². The van der Waals surface area contributed by atoms with E-state index in [1.165, 1.54) is 19.2 Å². The zero-order chi connectivity index (χ0) is 16.7. The fraction of sp³-hybridized carbons (Fsp3) is 0.176. The van der Waals surface area contributed by atoms with Crippen molar-refractivity contribution in [3.8, 4) is 17.6 Å². The van der Waals surface area contributed by atoms with Gasteiger partial charge in [-0.2, -0.15) is 5.26 Å². The Morgan fingerprint density at radius 1 is 1.22 bits per heavy atom. The average molecular weight is 315 g/mol. The van der Waals surface area contributed by atoms with Crippen LogP contribution >= 0.6 is 0 Å². The summed E-state index contributed by atoms with van der Waals surface area (Å²) in [6.07, 6.45) is 0. The zero-order valence-electron chi connectivity index (χ0n) is 12.4. The summed E-state index contributed by atoms with van der Waals surface area (Å²) in [6, 6.07) is 12.6. The number of halogens is 1. The molecule has 2 rings (SSSR count). The Morgan fingerprint density at radius 2 is 1.96 bits per heavy atom. The summed E-state index contributed by atoms with van der Waals surface area (Å²) in [4.78, 5) is 11.6. The van der Waals surface area contributed by atoms with Crippen molar-refractivity contribution >= 4 is 5.97 Å². The molecule has 0 fully saturated rings. The number of esters is 1. The summed E-state index contributed by atoms with van der Waals surface area (Å²) in [5.41, 5.74) is 1.01. The van der Waals surface area contributed by atoms with E-state index in [1.807, 2.05) is 6.07 Å². The molecule has 0 heterocycles. The Balaban J connectivity index is 1.80. The van der Waals surface area contributed by atoms with Gasteiger partial charge in [0.05, 0.1) is 18.7 Å². The molecule has 0 spiro atoms. The van der Waals surface area contributed by atoms with Gasteiger partial charge in [-0.3, -0.25) is 0 Å². The van der Waals surface area contributed by atoms with Gasteiger partial charge in [-0.25, -0.2) is 9.18 Å². The van der Waals surface area contributed by atoms with Crippen LogP contribution in [0.4, 0.5) is 4.39 Å². The predicted octanol–water partition coefficient (Wildman–Crippen LogP) is 2.83. The fourth-order valence-electron chi connectivity index (χ4n) is 1.77. The van der Waals surface area contributed by atoms with Gasteiger partial charge in [0.15, 0.2) is 18.2 Å². The highest BCUT2D eigenvalue weighted by molar-refractivity contribution is 5.71. The largest absolute Gasteiger partial charge is 0.494 e. The molecule has 0 amide bonds. The lowest BCUT2D eigenvalue weighted by atomic mass is 10.2. The molecule has 2 aromatic rings. The summed E-state index contributed by atoms with van der Waals surface area (Å²) in [5.74, 6) is -0.513. The van der Waals surface area contributed by atoms with Crippen molar-refractivity contribution in [2.75, 3.05) is 13.7 Å². The van der Waals surface area contributed by atoms with E-state index in [-0.39, 0.29) is 19.0 Å². The second-order valence-corrected chi connectivity index (χ2v) is 4.55. The van der Waals surface area contributed by atoms with Gasteiger partial charge in [-0.1, -0.05) is 6.07 Å². The minimum atomic E-state index is -0.578. The average Bonchev–Trinajstić information content (AvgIpc) is 2.58. The zero-order valence-corrected chi connectivity index (χ0v) is 12.4. The standard InChI is InChI=1S/C17H14FNO4/c1-21-16-7-4-13(8-15(16)18)10-23-17(20)11-22-14-5-2-12(9-19)3-6-14/h2-8H,10-11H2,1H3. The highest BCUT2D eigenvalue weighted by Crippen LogP contribution is 2.18. The minimum Gasteiger partial charge on any atom is -0.494 e. The topological polar surface area (TPSA) is 68.6 Å². The van der Waals surface area contributed by atoms with E-state index < -0.39 is 11.8 Å². The van der Waals surface area contributed by atoms with Crippen LogP contribution in [0.5, 0.6) is 11.5 Å². The maximum Gasteiger partial charge on any atom is 0.344 e. The highest BCUT2D eigenvalue weighted by atomic mass is 19.1. The lowest BCUT2D eigenvalue weighted by Crippen LogP contribution is -2.14. The van der Waals surface area contributed by atoms with Crippen LogP contribution in [0.15, 0.2) is 42.5 Å². The van der Waals surface area contributed by atoms with Gasteiger partial charge in [0.1, 0.15) is 12.4 Å². The first-order valence-electron chi connectivity index (χ1n) is 6.73. The van der Waals surface area contributed by atoms with Gasteiger partial charge < -0.3 is 14.2 Å². The van der Waals surface area contributed by atoms with Crippen LogP contribution < -0.4 is 9.47 Å². The number of hydrogen-bond donors (Lipinski definition) is 0. The molecule has 23 heavy (non-hydrogen) atoms.